The molecule has 0 saturated heterocycles. The molecule has 0 spiro atoms. The topological polar surface area (TPSA) is 9.23 Å². The minimum atomic E-state index is -4.62. The van der Waals surface area contributed by atoms with E-state index in [0.717, 1.165) is 0 Å². The third kappa shape index (κ3) is 2.94. The fourth-order valence-corrected chi connectivity index (χ4v) is 1.18. The van der Waals surface area contributed by atoms with Crippen LogP contribution in [-0.4, -0.2) is 6.36 Å². The molecule has 0 unspecified atom stereocenters. The Kier molecular flexibility index (Phi) is 3.03. The van der Waals surface area contributed by atoms with Crippen LogP contribution in [0, 0.1) is 0 Å². The summed E-state index contributed by atoms with van der Waals surface area (Å²) in [4.78, 5) is 0. The first-order valence-electron chi connectivity index (χ1n) is 4.25. The number of rotatable bonds is 2. The van der Waals surface area contributed by atoms with Crippen molar-refractivity contribution in [2.75, 3.05) is 0 Å². The lowest BCUT2D eigenvalue weighted by atomic mass is 10.0. The van der Waals surface area contributed by atoms with Crippen LogP contribution in [0.3, 0.4) is 0 Å². The summed E-state index contributed by atoms with van der Waals surface area (Å²) in [5.41, 5.74) is 0.560. The highest BCUT2D eigenvalue weighted by molar-refractivity contribution is 5.35. The van der Waals surface area contributed by atoms with Crippen molar-refractivity contribution in [1.29, 1.82) is 0 Å². The maximum Gasteiger partial charge on any atom is 0.573 e. The first kappa shape index (κ1) is 10.9. The van der Waals surface area contributed by atoms with Crippen LogP contribution in [0.2, 0.25) is 0 Å². The van der Waals surface area contributed by atoms with Gasteiger partial charge in [-0.2, -0.15) is 0 Å². The highest BCUT2D eigenvalue weighted by atomic mass is 19.4. The van der Waals surface area contributed by atoms with Gasteiger partial charge in [-0.1, -0.05) is 32.0 Å². The lowest BCUT2D eigenvalue weighted by molar-refractivity contribution is -0.274. The van der Waals surface area contributed by atoms with Gasteiger partial charge in [-0.25, -0.2) is 0 Å². The molecule has 1 rings (SSSR count). The molecule has 0 aliphatic rings. The molecule has 0 amide bonds. The van der Waals surface area contributed by atoms with Gasteiger partial charge in [-0.15, -0.1) is 13.2 Å². The number of ether oxygens (including phenoxy) is 1. The molecule has 0 aliphatic carbocycles. The molecule has 0 heterocycles. The molecule has 0 aromatic heterocycles. The highest BCUT2D eigenvalue weighted by Gasteiger charge is 2.32. The van der Waals surface area contributed by atoms with Crippen LogP contribution in [0.1, 0.15) is 25.3 Å². The van der Waals surface area contributed by atoms with Crippen molar-refractivity contribution >= 4 is 0 Å². The fraction of sp³-hybridized carbons (Fsp3) is 0.400. The van der Waals surface area contributed by atoms with Gasteiger partial charge in [0.15, 0.2) is 0 Å². The molecule has 1 nitrogen and oxygen atoms in total. The second-order valence-electron chi connectivity index (χ2n) is 3.24. The molecule has 0 radical (unpaired) electrons. The van der Waals surface area contributed by atoms with Crippen molar-refractivity contribution in [3.63, 3.8) is 0 Å². The fourth-order valence-electron chi connectivity index (χ4n) is 1.18. The van der Waals surface area contributed by atoms with Crippen LogP contribution in [0.25, 0.3) is 0 Å². The molecule has 1 aromatic rings. The van der Waals surface area contributed by atoms with Crippen LogP contribution >= 0.6 is 0 Å². The Morgan fingerprint density at radius 3 is 2.21 bits per heavy atom. The largest absolute Gasteiger partial charge is 0.573 e. The first-order chi connectivity index (χ1) is 6.40. The van der Waals surface area contributed by atoms with E-state index in [2.05, 4.69) is 4.74 Å². The van der Waals surface area contributed by atoms with E-state index in [1.54, 1.807) is 12.1 Å². The number of para-hydroxylation sites is 1. The lowest BCUT2D eigenvalue weighted by Crippen LogP contribution is -2.18. The van der Waals surface area contributed by atoms with Gasteiger partial charge < -0.3 is 4.74 Å². The minimum Gasteiger partial charge on any atom is -0.405 e. The Hall–Kier alpha value is -1.19. The van der Waals surface area contributed by atoms with Crippen LogP contribution < -0.4 is 4.74 Å². The van der Waals surface area contributed by atoms with E-state index in [-0.39, 0.29) is 11.7 Å². The number of halogens is 3. The molecule has 0 fully saturated rings. The van der Waals surface area contributed by atoms with Gasteiger partial charge in [0.2, 0.25) is 0 Å². The average Bonchev–Trinajstić information content (AvgIpc) is 2.01. The van der Waals surface area contributed by atoms with E-state index in [1.165, 1.54) is 12.1 Å². The molecule has 0 atom stereocenters. The van der Waals surface area contributed by atoms with Gasteiger partial charge >= 0.3 is 6.36 Å². The van der Waals surface area contributed by atoms with Crippen molar-refractivity contribution in [1.82, 2.24) is 0 Å². The van der Waals surface area contributed by atoms with Crippen LogP contribution in [0.5, 0.6) is 5.75 Å². The molecule has 78 valence electrons. The number of hydrogen-bond acceptors (Lipinski definition) is 1. The summed E-state index contributed by atoms with van der Waals surface area (Å²) in [5.74, 6) is -0.108. The van der Waals surface area contributed by atoms with E-state index >= 15 is 0 Å². The van der Waals surface area contributed by atoms with Gasteiger partial charge in [-0.3, -0.25) is 0 Å². The van der Waals surface area contributed by atoms with Crippen molar-refractivity contribution < 1.29 is 17.9 Å². The smallest absolute Gasteiger partial charge is 0.405 e. The zero-order chi connectivity index (χ0) is 10.8. The maximum atomic E-state index is 12.0. The molecule has 4 heteroatoms. The quantitative estimate of drug-likeness (QED) is 0.713. The monoisotopic (exact) mass is 204 g/mol. The van der Waals surface area contributed by atoms with Crippen molar-refractivity contribution in [2.24, 2.45) is 0 Å². The van der Waals surface area contributed by atoms with E-state index in [0.29, 0.717) is 5.56 Å². The van der Waals surface area contributed by atoms with Crippen molar-refractivity contribution in [3.05, 3.63) is 29.8 Å². The van der Waals surface area contributed by atoms with Gasteiger partial charge in [0.05, 0.1) is 0 Å². The highest BCUT2D eigenvalue weighted by Crippen LogP contribution is 2.30. The third-order valence-corrected chi connectivity index (χ3v) is 1.77. The van der Waals surface area contributed by atoms with Crippen LogP contribution in [-0.2, 0) is 0 Å². The summed E-state index contributed by atoms with van der Waals surface area (Å²) in [6.45, 7) is 3.64. The molecule has 0 bridgehead atoms. The Morgan fingerprint density at radius 1 is 1.14 bits per heavy atom. The maximum absolute atomic E-state index is 12.0. The normalized spacial score (nSPS) is 11.9. The second-order valence-corrected chi connectivity index (χ2v) is 3.24. The van der Waals surface area contributed by atoms with Crippen molar-refractivity contribution in [3.8, 4) is 5.75 Å². The predicted molar refractivity (Wildman–Crippen MR) is 47.2 cm³/mol. The third-order valence-electron chi connectivity index (χ3n) is 1.77. The standard InChI is InChI=1S/C10H11F3O/c1-7(2)8-5-3-4-6-9(8)14-10(11,12)13/h3-7H,1-2H3. The van der Waals surface area contributed by atoms with Crippen LogP contribution in [0.15, 0.2) is 24.3 Å². The summed E-state index contributed by atoms with van der Waals surface area (Å²) >= 11 is 0. The number of alkyl halides is 3. The number of benzene rings is 1. The summed E-state index contributed by atoms with van der Waals surface area (Å²) in [5, 5.41) is 0. The SMILES string of the molecule is CC(C)c1ccccc1OC(F)(F)F. The van der Waals surface area contributed by atoms with E-state index in [1.807, 2.05) is 13.8 Å². The van der Waals surface area contributed by atoms with E-state index < -0.39 is 6.36 Å². The second kappa shape index (κ2) is 3.90. The van der Waals surface area contributed by atoms with Gasteiger partial charge in [0.1, 0.15) is 5.75 Å². The molecule has 0 saturated carbocycles. The van der Waals surface area contributed by atoms with E-state index in [9.17, 15) is 13.2 Å². The molecule has 0 N–H and O–H groups in total. The van der Waals surface area contributed by atoms with E-state index in [4.69, 9.17) is 0 Å². The first-order valence-corrected chi connectivity index (χ1v) is 4.25. The summed E-state index contributed by atoms with van der Waals surface area (Å²) < 4.78 is 39.8. The summed E-state index contributed by atoms with van der Waals surface area (Å²) in [6.07, 6.45) is -4.62. The minimum absolute atomic E-state index is 0.00792. The summed E-state index contributed by atoms with van der Waals surface area (Å²) in [6, 6.07) is 6.17. The van der Waals surface area contributed by atoms with Crippen molar-refractivity contribution in [2.45, 2.75) is 26.1 Å². The average molecular weight is 204 g/mol. The molecular weight excluding hydrogens is 193 g/mol. The van der Waals surface area contributed by atoms with Gasteiger partial charge in [0, 0.05) is 0 Å². The lowest BCUT2D eigenvalue weighted by Gasteiger charge is -2.14. The Bertz CT molecular complexity index is 304. The Morgan fingerprint density at radius 2 is 1.71 bits per heavy atom. The van der Waals surface area contributed by atoms with Crippen LogP contribution in [0.4, 0.5) is 13.2 Å². The Labute approximate surface area is 80.5 Å². The summed E-state index contributed by atoms with van der Waals surface area (Å²) in [7, 11) is 0. The zero-order valence-corrected chi connectivity index (χ0v) is 7.93. The molecule has 1 aromatic carbocycles. The van der Waals surface area contributed by atoms with Gasteiger partial charge in [-0.05, 0) is 17.5 Å². The predicted octanol–water partition coefficient (Wildman–Crippen LogP) is 3.71. The molecule has 0 aliphatic heterocycles. The number of hydrogen-bond donors (Lipinski definition) is 0. The Balaban J connectivity index is 2.96. The molecule has 14 heavy (non-hydrogen) atoms. The van der Waals surface area contributed by atoms with Gasteiger partial charge in [0.25, 0.3) is 0 Å². The molecular formula is C10H11F3O. The zero-order valence-electron chi connectivity index (χ0n) is 7.93.